The number of nitrogens with zero attached hydrogens (tertiary/aromatic N) is 5. The number of fused-ring (bicyclic) bond motifs is 1. The maximum Gasteiger partial charge on any atom is 0.166 e. The van der Waals surface area contributed by atoms with E-state index in [0.29, 0.717) is 23.2 Å². The Labute approximate surface area is 134 Å². The molecule has 23 heavy (non-hydrogen) atoms. The lowest BCUT2D eigenvalue weighted by Gasteiger charge is -2.27. The summed E-state index contributed by atoms with van der Waals surface area (Å²) in [5.74, 6) is 1.84. The molecule has 0 aromatic carbocycles. The first kappa shape index (κ1) is 14.1. The summed E-state index contributed by atoms with van der Waals surface area (Å²) in [6, 6.07) is 4.27. The van der Waals surface area contributed by atoms with Crippen molar-refractivity contribution in [2.24, 2.45) is 5.92 Å². The van der Waals surface area contributed by atoms with Crippen LogP contribution in [-0.4, -0.2) is 24.5 Å². The maximum atomic E-state index is 6.11. The van der Waals surface area contributed by atoms with E-state index in [1.54, 1.807) is 12.4 Å². The van der Waals surface area contributed by atoms with Crippen LogP contribution in [-0.2, 0) is 0 Å². The zero-order chi connectivity index (χ0) is 15.8. The average molecular weight is 308 g/mol. The molecular formula is C17H20N6. The largest absolute Gasteiger partial charge is 0.382 e. The Morgan fingerprint density at radius 2 is 2.00 bits per heavy atom. The van der Waals surface area contributed by atoms with E-state index in [-0.39, 0.29) is 0 Å². The van der Waals surface area contributed by atoms with Gasteiger partial charge in [0.1, 0.15) is 5.52 Å². The molecule has 0 radical (unpaired) electrons. The van der Waals surface area contributed by atoms with E-state index in [9.17, 15) is 0 Å². The molecule has 3 aromatic heterocycles. The predicted molar refractivity (Wildman–Crippen MR) is 89.6 cm³/mol. The minimum absolute atomic E-state index is 0.428. The fraction of sp³-hybridized carbons (Fsp3) is 0.412. The molecule has 1 saturated carbocycles. The average Bonchev–Trinajstić information content (AvgIpc) is 3.01. The van der Waals surface area contributed by atoms with Gasteiger partial charge in [-0.3, -0.25) is 4.98 Å². The van der Waals surface area contributed by atoms with E-state index in [2.05, 4.69) is 26.4 Å². The molecule has 2 N–H and O–H groups in total. The molecule has 0 aliphatic heterocycles. The standard InChI is InChI=1S/C17H20N6/c1-11-4-6-13(7-5-11)23-10-20-14-15(18)21-16(22-17(14)23)12-3-2-8-19-9-12/h2-3,8-11,13H,4-7H2,1H3,(H2,18,21,22). The van der Waals surface area contributed by atoms with Gasteiger partial charge in [-0.2, -0.15) is 0 Å². The van der Waals surface area contributed by atoms with Crippen LogP contribution < -0.4 is 5.73 Å². The van der Waals surface area contributed by atoms with E-state index in [1.807, 2.05) is 18.5 Å². The highest BCUT2D eigenvalue weighted by molar-refractivity contribution is 5.83. The first-order chi connectivity index (χ1) is 11.2. The van der Waals surface area contributed by atoms with Crippen LogP contribution in [0.15, 0.2) is 30.9 Å². The van der Waals surface area contributed by atoms with E-state index < -0.39 is 0 Å². The lowest BCUT2D eigenvalue weighted by Crippen LogP contribution is -2.16. The van der Waals surface area contributed by atoms with Crippen molar-refractivity contribution in [1.29, 1.82) is 0 Å². The monoisotopic (exact) mass is 308 g/mol. The first-order valence-electron chi connectivity index (χ1n) is 8.13. The van der Waals surface area contributed by atoms with Crippen molar-refractivity contribution in [3.05, 3.63) is 30.9 Å². The van der Waals surface area contributed by atoms with Gasteiger partial charge in [-0.1, -0.05) is 6.92 Å². The topological polar surface area (TPSA) is 82.5 Å². The minimum Gasteiger partial charge on any atom is -0.382 e. The molecule has 1 aliphatic carbocycles. The fourth-order valence-corrected chi connectivity index (χ4v) is 3.35. The zero-order valence-electron chi connectivity index (χ0n) is 13.2. The van der Waals surface area contributed by atoms with Crippen LogP contribution >= 0.6 is 0 Å². The molecule has 1 aliphatic rings. The third-order valence-corrected chi connectivity index (χ3v) is 4.75. The van der Waals surface area contributed by atoms with E-state index in [4.69, 9.17) is 10.7 Å². The van der Waals surface area contributed by atoms with E-state index >= 15 is 0 Å². The Bertz CT molecular complexity index is 818. The number of imidazole rings is 1. The lowest BCUT2D eigenvalue weighted by atomic mass is 9.87. The molecule has 0 bridgehead atoms. The van der Waals surface area contributed by atoms with Gasteiger partial charge in [-0.15, -0.1) is 0 Å². The molecule has 0 atom stereocenters. The van der Waals surface area contributed by atoms with Crippen molar-refractivity contribution in [2.45, 2.75) is 38.6 Å². The van der Waals surface area contributed by atoms with Crippen molar-refractivity contribution in [3.8, 4) is 11.4 Å². The summed E-state index contributed by atoms with van der Waals surface area (Å²) in [5.41, 5.74) is 8.50. The van der Waals surface area contributed by atoms with Gasteiger partial charge >= 0.3 is 0 Å². The molecule has 0 amide bonds. The molecule has 3 heterocycles. The van der Waals surface area contributed by atoms with Gasteiger partial charge in [-0.25, -0.2) is 15.0 Å². The second kappa shape index (κ2) is 5.61. The van der Waals surface area contributed by atoms with E-state index in [0.717, 1.165) is 17.1 Å². The van der Waals surface area contributed by atoms with Crippen LogP contribution in [0.1, 0.15) is 38.6 Å². The third kappa shape index (κ3) is 2.54. The van der Waals surface area contributed by atoms with Gasteiger partial charge in [0.2, 0.25) is 0 Å². The van der Waals surface area contributed by atoms with Gasteiger partial charge in [0.15, 0.2) is 17.3 Å². The number of hydrogen-bond donors (Lipinski definition) is 1. The highest BCUT2D eigenvalue weighted by Gasteiger charge is 2.22. The quantitative estimate of drug-likeness (QED) is 0.786. The molecule has 118 valence electrons. The molecule has 6 heteroatoms. The van der Waals surface area contributed by atoms with Gasteiger partial charge < -0.3 is 10.3 Å². The minimum atomic E-state index is 0.428. The number of hydrogen-bond acceptors (Lipinski definition) is 5. The SMILES string of the molecule is CC1CCC(n2cnc3c(N)nc(-c4cccnc4)nc32)CC1. The van der Waals surface area contributed by atoms with Crippen molar-refractivity contribution >= 4 is 17.0 Å². The second-order valence-electron chi connectivity index (χ2n) is 6.41. The summed E-state index contributed by atoms with van der Waals surface area (Å²) in [7, 11) is 0. The zero-order valence-corrected chi connectivity index (χ0v) is 13.2. The molecule has 4 rings (SSSR count). The summed E-state index contributed by atoms with van der Waals surface area (Å²) in [6.45, 7) is 2.32. The van der Waals surface area contributed by atoms with Crippen molar-refractivity contribution in [3.63, 3.8) is 0 Å². The number of aromatic nitrogens is 5. The van der Waals surface area contributed by atoms with Crippen LogP contribution in [0.5, 0.6) is 0 Å². The number of anilines is 1. The highest BCUT2D eigenvalue weighted by atomic mass is 15.2. The van der Waals surface area contributed by atoms with Gasteiger partial charge in [0.25, 0.3) is 0 Å². The summed E-state index contributed by atoms with van der Waals surface area (Å²) in [4.78, 5) is 17.7. The molecule has 0 saturated heterocycles. The Morgan fingerprint density at radius 1 is 1.17 bits per heavy atom. The first-order valence-corrected chi connectivity index (χ1v) is 8.13. The third-order valence-electron chi connectivity index (χ3n) is 4.75. The van der Waals surface area contributed by atoms with Crippen molar-refractivity contribution in [2.75, 3.05) is 5.73 Å². The normalized spacial score (nSPS) is 21.6. The highest BCUT2D eigenvalue weighted by Crippen LogP contribution is 2.34. The summed E-state index contributed by atoms with van der Waals surface area (Å²) >= 11 is 0. The van der Waals surface area contributed by atoms with Crippen LogP contribution in [0.2, 0.25) is 0 Å². The Morgan fingerprint density at radius 3 is 2.74 bits per heavy atom. The smallest absolute Gasteiger partial charge is 0.166 e. The molecule has 6 nitrogen and oxygen atoms in total. The second-order valence-corrected chi connectivity index (χ2v) is 6.41. The Balaban J connectivity index is 1.79. The number of nitrogen functional groups attached to an aromatic ring is 1. The molecule has 0 unspecified atom stereocenters. The predicted octanol–water partition coefficient (Wildman–Crippen LogP) is 3.22. The van der Waals surface area contributed by atoms with Crippen LogP contribution in [0.3, 0.4) is 0 Å². The molecule has 3 aromatic rings. The maximum absolute atomic E-state index is 6.11. The van der Waals surface area contributed by atoms with Crippen molar-refractivity contribution in [1.82, 2.24) is 24.5 Å². The van der Waals surface area contributed by atoms with Gasteiger partial charge in [0, 0.05) is 24.0 Å². The van der Waals surface area contributed by atoms with Gasteiger partial charge in [-0.05, 0) is 43.7 Å². The fourth-order valence-electron chi connectivity index (χ4n) is 3.35. The van der Waals surface area contributed by atoms with E-state index in [1.165, 1.54) is 25.7 Å². The van der Waals surface area contributed by atoms with Crippen LogP contribution in [0, 0.1) is 5.92 Å². The summed E-state index contributed by atoms with van der Waals surface area (Å²) in [6.07, 6.45) is 10.2. The number of pyridine rings is 1. The lowest BCUT2D eigenvalue weighted by molar-refractivity contribution is 0.293. The number of rotatable bonds is 2. The molecular weight excluding hydrogens is 288 g/mol. The van der Waals surface area contributed by atoms with Crippen molar-refractivity contribution < 1.29 is 0 Å². The Kier molecular flexibility index (Phi) is 3.44. The van der Waals surface area contributed by atoms with Crippen LogP contribution in [0.25, 0.3) is 22.6 Å². The summed E-state index contributed by atoms with van der Waals surface area (Å²) in [5, 5.41) is 0. The van der Waals surface area contributed by atoms with Crippen LogP contribution in [0.4, 0.5) is 5.82 Å². The molecule has 1 fully saturated rings. The number of nitrogens with two attached hydrogens (primary N) is 1. The summed E-state index contributed by atoms with van der Waals surface area (Å²) < 4.78 is 2.18. The Hall–Kier alpha value is -2.50. The van der Waals surface area contributed by atoms with Gasteiger partial charge in [0.05, 0.1) is 6.33 Å². The molecule has 0 spiro atoms.